The van der Waals surface area contributed by atoms with E-state index >= 15 is 0 Å². The second-order valence-corrected chi connectivity index (χ2v) is 6.37. The molecule has 0 spiro atoms. The summed E-state index contributed by atoms with van der Waals surface area (Å²) in [6.07, 6.45) is 2.18. The number of nitrogens with one attached hydrogen (secondary N) is 1. The third-order valence-electron chi connectivity index (χ3n) is 4.32. The Balaban J connectivity index is 1.83. The number of amides is 1. The molecule has 0 radical (unpaired) electrons. The van der Waals surface area contributed by atoms with Gasteiger partial charge >= 0.3 is 0 Å². The Hall–Kier alpha value is -2.21. The van der Waals surface area contributed by atoms with E-state index in [2.05, 4.69) is 27.5 Å². The maximum Gasteiger partial charge on any atom is 0.273 e. The molecular weight excluding hydrogens is 290 g/mol. The van der Waals surface area contributed by atoms with Crippen LogP contribution in [0.5, 0.6) is 0 Å². The van der Waals surface area contributed by atoms with E-state index in [0.717, 1.165) is 24.2 Å². The van der Waals surface area contributed by atoms with Crippen LogP contribution in [0.3, 0.4) is 0 Å². The van der Waals surface area contributed by atoms with E-state index in [1.54, 1.807) is 0 Å². The number of nitrogens with zero attached hydrogens (tertiary/aromatic N) is 4. The van der Waals surface area contributed by atoms with Crippen molar-refractivity contribution in [2.45, 2.75) is 31.7 Å². The predicted molar refractivity (Wildman–Crippen MR) is 88.8 cm³/mol. The third-order valence-corrected chi connectivity index (χ3v) is 4.32. The number of benzene rings is 1. The highest BCUT2D eigenvalue weighted by Crippen LogP contribution is 2.41. The zero-order valence-corrected chi connectivity index (χ0v) is 13.9. The fourth-order valence-corrected chi connectivity index (χ4v) is 2.44. The van der Waals surface area contributed by atoms with Crippen LogP contribution in [0.1, 0.15) is 41.9 Å². The molecule has 1 aliphatic rings. The van der Waals surface area contributed by atoms with Crippen molar-refractivity contribution in [3.63, 3.8) is 0 Å². The first-order chi connectivity index (χ1) is 11.1. The van der Waals surface area contributed by atoms with E-state index < -0.39 is 0 Å². The average molecular weight is 313 g/mol. The van der Waals surface area contributed by atoms with Crippen LogP contribution in [-0.4, -0.2) is 52.5 Å². The summed E-state index contributed by atoms with van der Waals surface area (Å²) in [5.74, 6) is 0.250. The predicted octanol–water partition coefficient (Wildman–Crippen LogP) is 1.82. The third kappa shape index (κ3) is 3.42. The summed E-state index contributed by atoms with van der Waals surface area (Å²) >= 11 is 0. The molecule has 0 aliphatic heterocycles. The Kier molecular flexibility index (Phi) is 4.43. The SMILES string of the molecule is C[C@@H](CNC(=O)c1nnn(-c2ccccc2)c1C1CC1)N(C)C. The molecule has 6 heteroatoms. The number of aromatic nitrogens is 3. The summed E-state index contributed by atoms with van der Waals surface area (Å²) in [7, 11) is 4.00. The van der Waals surface area contributed by atoms with E-state index in [0.29, 0.717) is 18.2 Å². The molecule has 2 aromatic rings. The van der Waals surface area contributed by atoms with Crippen LogP contribution in [0.15, 0.2) is 30.3 Å². The second kappa shape index (κ2) is 6.50. The van der Waals surface area contributed by atoms with Crippen LogP contribution in [0.2, 0.25) is 0 Å². The van der Waals surface area contributed by atoms with Gasteiger partial charge < -0.3 is 10.2 Å². The second-order valence-electron chi connectivity index (χ2n) is 6.37. The Morgan fingerprint density at radius 3 is 2.65 bits per heavy atom. The fourth-order valence-electron chi connectivity index (χ4n) is 2.44. The zero-order valence-electron chi connectivity index (χ0n) is 13.9. The normalized spacial score (nSPS) is 15.7. The van der Waals surface area contributed by atoms with E-state index in [1.165, 1.54) is 0 Å². The molecule has 1 fully saturated rings. The zero-order chi connectivity index (χ0) is 16.4. The van der Waals surface area contributed by atoms with Crippen LogP contribution in [-0.2, 0) is 0 Å². The van der Waals surface area contributed by atoms with Crippen LogP contribution in [0.25, 0.3) is 5.69 Å². The smallest absolute Gasteiger partial charge is 0.273 e. The first-order valence-electron chi connectivity index (χ1n) is 8.03. The van der Waals surface area contributed by atoms with Gasteiger partial charge in [0.25, 0.3) is 5.91 Å². The Bertz CT molecular complexity index is 676. The lowest BCUT2D eigenvalue weighted by Gasteiger charge is -2.19. The number of hydrogen-bond donors (Lipinski definition) is 1. The van der Waals surface area contributed by atoms with Gasteiger partial charge in [-0.15, -0.1) is 5.10 Å². The van der Waals surface area contributed by atoms with Gasteiger partial charge in [-0.2, -0.15) is 0 Å². The molecule has 6 nitrogen and oxygen atoms in total. The van der Waals surface area contributed by atoms with Gasteiger partial charge in [0.15, 0.2) is 5.69 Å². The Morgan fingerprint density at radius 2 is 2.04 bits per heavy atom. The van der Waals surface area contributed by atoms with Gasteiger partial charge in [0.2, 0.25) is 0 Å². The topological polar surface area (TPSA) is 63.1 Å². The van der Waals surface area contributed by atoms with Crippen molar-refractivity contribution in [3.05, 3.63) is 41.7 Å². The minimum Gasteiger partial charge on any atom is -0.349 e. The van der Waals surface area contributed by atoms with E-state index in [9.17, 15) is 4.79 Å². The standard InChI is InChI=1S/C17H23N5O/c1-12(21(2)3)11-18-17(23)15-16(13-9-10-13)22(20-19-15)14-7-5-4-6-8-14/h4-8,12-13H,9-11H2,1-3H3,(H,18,23)/t12-/m0/s1. The summed E-state index contributed by atoms with van der Waals surface area (Å²) in [6.45, 7) is 2.66. The quantitative estimate of drug-likeness (QED) is 0.883. The number of rotatable bonds is 6. The fraction of sp³-hybridized carbons (Fsp3) is 0.471. The summed E-state index contributed by atoms with van der Waals surface area (Å²) in [5, 5.41) is 11.4. The van der Waals surface area contributed by atoms with Crippen LogP contribution in [0, 0.1) is 0 Å². The van der Waals surface area contributed by atoms with Crippen molar-refractivity contribution in [2.24, 2.45) is 0 Å². The molecule has 0 bridgehead atoms. The molecule has 1 aliphatic carbocycles. The van der Waals surface area contributed by atoms with Crippen LogP contribution < -0.4 is 5.32 Å². The van der Waals surface area contributed by atoms with Crippen molar-refractivity contribution in [2.75, 3.05) is 20.6 Å². The molecule has 1 aromatic heterocycles. The molecule has 1 saturated carbocycles. The highest BCUT2D eigenvalue weighted by molar-refractivity contribution is 5.93. The maximum atomic E-state index is 12.5. The minimum atomic E-state index is -0.136. The maximum absolute atomic E-state index is 12.5. The van der Waals surface area contributed by atoms with Crippen LogP contribution in [0.4, 0.5) is 0 Å². The van der Waals surface area contributed by atoms with E-state index in [1.807, 2.05) is 49.1 Å². The molecule has 23 heavy (non-hydrogen) atoms. The summed E-state index contributed by atoms with van der Waals surface area (Å²) < 4.78 is 1.81. The van der Waals surface area contributed by atoms with Gasteiger partial charge in [0.1, 0.15) is 0 Å². The Morgan fingerprint density at radius 1 is 1.35 bits per heavy atom. The molecule has 1 N–H and O–H groups in total. The lowest BCUT2D eigenvalue weighted by molar-refractivity contribution is 0.0937. The van der Waals surface area contributed by atoms with Crippen molar-refractivity contribution < 1.29 is 4.79 Å². The summed E-state index contributed by atoms with van der Waals surface area (Å²) in [6, 6.07) is 10.1. The number of hydrogen-bond acceptors (Lipinski definition) is 4. The highest BCUT2D eigenvalue weighted by atomic mass is 16.2. The number of carbonyl (C=O) groups is 1. The van der Waals surface area contributed by atoms with Crippen molar-refractivity contribution in [1.29, 1.82) is 0 Å². The first kappa shape index (κ1) is 15.7. The number of para-hydroxylation sites is 1. The van der Waals surface area contributed by atoms with Crippen molar-refractivity contribution >= 4 is 5.91 Å². The lowest BCUT2D eigenvalue weighted by atomic mass is 10.2. The van der Waals surface area contributed by atoms with Gasteiger partial charge in [-0.1, -0.05) is 23.4 Å². The molecular formula is C17H23N5O. The highest BCUT2D eigenvalue weighted by Gasteiger charge is 2.34. The molecule has 1 aromatic carbocycles. The monoisotopic (exact) mass is 313 g/mol. The molecule has 0 saturated heterocycles. The van der Waals surface area contributed by atoms with Crippen LogP contribution >= 0.6 is 0 Å². The molecule has 1 atom stereocenters. The van der Waals surface area contributed by atoms with E-state index in [-0.39, 0.29) is 11.9 Å². The van der Waals surface area contributed by atoms with E-state index in [4.69, 9.17) is 0 Å². The van der Waals surface area contributed by atoms with Gasteiger partial charge in [0.05, 0.1) is 11.4 Å². The molecule has 3 rings (SSSR count). The van der Waals surface area contributed by atoms with Gasteiger partial charge in [-0.3, -0.25) is 4.79 Å². The minimum absolute atomic E-state index is 0.136. The largest absolute Gasteiger partial charge is 0.349 e. The first-order valence-corrected chi connectivity index (χ1v) is 8.03. The number of carbonyl (C=O) groups excluding carboxylic acids is 1. The molecule has 1 heterocycles. The summed E-state index contributed by atoms with van der Waals surface area (Å²) in [5.41, 5.74) is 2.34. The van der Waals surface area contributed by atoms with Gasteiger partial charge in [-0.25, -0.2) is 4.68 Å². The molecule has 122 valence electrons. The summed E-state index contributed by atoms with van der Waals surface area (Å²) in [4.78, 5) is 14.6. The number of likely N-dealkylation sites (N-methyl/N-ethyl adjacent to an activating group) is 1. The molecule has 0 unspecified atom stereocenters. The van der Waals surface area contributed by atoms with Gasteiger partial charge in [-0.05, 0) is 46.0 Å². The average Bonchev–Trinajstić information content (AvgIpc) is 3.31. The van der Waals surface area contributed by atoms with Crippen molar-refractivity contribution in [1.82, 2.24) is 25.2 Å². The van der Waals surface area contributed by atoms with Gasteiger partial charge in [0, 0.05) is 18.5 Å². The Labute approximate surface area is 136 Å². The van der Waals surface area contributed by atoms with Crippen molar-refractivity contribution in [3.8, 4) is 5.69 Å². The molecule has 1 amide bonds. The lowest BCUT2D eigenvalue weighted by Crippen LogP contribution is -2.38.